The van der Waals surface area contributed by atoms with E-state index in [4.69, 9.17) is 9.84 Å². The summed E-state index contributed by atoms with van der Waals surface area (Å²) in [5.41, 5.74) is -0.244. The Morgan fingerprint density at radius 3 is 2.19 bits per heavy atom. The molecule has 0 aromatic heterocycles. The smallest absolute Gasteiger partial charge is 0.410 e. The number of amides is 2. The van der Waals surface area contributed by atoms with Crippen LogP contribution in [0, 0.1) is 5.41 Å². The van der Waals surface area contributed by atoms with Gasteiger partial charge in [-0.2, -0.15) is 0 Å². The van der Waals surface area contributed by atoms with E-state index in [9.17, 15) is 9.59 Å². The number of likely N-dealkylation sites (tertiary alicyclic amines) is 1. The number of rotatable bonds is 1. The summed E-state index contributed by atoms with van der Waals surface area (Å²) in [7, 11) is 1.79. The predicted octanol–water partition coefficient (Wildman–Crippen LogP) is 2.78. The maximum absolute atomic E-state index is 12.0. The van der Waals surface area contributed by atoms with E-state index < -0.39 is 11.7 Å². The summed E-state index contributed by atoms with van der Waals surface area (Å²) < 4.78 is 5.38. The molecule has 0 unspecified atom stereocenters. The minimum absolute atomic E-state index is 0.219. The third-order valence-corrected chi connectivity index (χ3v) is 4.66. The summed E-state index contributed by atoms with van der Waals surface area (Å²) >= 11 is 0. The van der Waals surface area contributed by atoms with Gasteiger partial charge in [0.05, 0.1) is 0 Å². The van der Waals surface area contributed by atoms with Crippen molar-refractivity contribution >= 4 is 12.2 Å². The van der Waals surface area contributed by atoms with Crippen LogP contribution in [0.2, 0.25) is 0 Å². The maximum Gasteiger partial charge on any atom is 0.410 e. The molecule has 1 N–H and O–H groups in total. The Balaban J connectivity index is 1.81. The fourth-order valence-electron chi connectivity index (χ4n) is 3.28. The molecule has 0 atom stereocenters. The van der Waals surface area contributed by atoms with Crippen LogP contribution in [-0.2, 0) is 4.74 Å². The van der Waals surface area contributed by atoms with E-state index in [1.807, 2.05) is 20.8 Å². The van der Waals surface area contributed by atoms with Crippen molar-refractivity contribution in [2.24, 2.45) is 5.41 Å². The average Bonchev–Trinajstić information content (AvgIpc) is 2.33. The highest BCUT2D eigenvalue weighted by Crippen LogP contribution is 2.50. The minimum Gasteiger partial charge on any atom is -0.465 e. The van der Waals surface area contributed by atoms with Gasteiger partial charge in [0.1, 0.15) is 5.60 Å². The molecule has 6 nitrogen and oxygen atoms in total. The van der Waals surface area contributed by atoms with Crippen LogP contribution in [0.1, 0.15) is 46.5 Å². The molecule has 1 saturated carbocycles. The topological polar surface area (TPSA) is 70.1 Å². The maximum atomic E-state index is 12.0. The van der Waals surface area contributed by atoms with E-state index in [2.05, 4.69) is 0 Å². The van der Waals surface area contributed by atoms with Gasteiger partial charge in [0.25, 0.3) is 0 Å². The molecule has 6 heteroatoms. The third kappa shape index (κ3) is 3.60. The van der Waals surface area contributed by atoms with Gasteiger partial charge >= 0.3 is 12.2 Å². The van der Waals surface area contributed by atoms with Crippen molar-refractivity contribution in [1.29, 1.82) is 0 Å². The standard InChI is InChI=1S/C15H26N2O4/c1-14(2,3)21-13(20)16(4)11-9-15(10-11)5-7-17(8-6-15)12(18)19/h11H,5-10H2,1-4H3,(H,18,19). The Hall–Kier alpha value is -1.46. The lowest BCUT2D eigenvalue weighted by Crippen LogP contribution is -2.56. The van der Waals surface area contributed by atoms with Crippen molar-refractivity contribution in [1.82, 2.24) is 9.80 Å². The largest absolute Gasteiger partial charge is 0.465 e. The average molecular weight is 298 g/mol. The van der Waals surface area contributed by atoms with Gasteiger partial charge in [0.2, 0.25) is 0 Å². The first-order valence-corrected chi connectivity index (χ1v) is 7.56. The molecular weight excluding hydrogens is 272 g/mol. The predicted molar refractivity (Wildman–Crippen MR) is 78.3 cm³/mol. The summed E-state index contributed by atoms with van der Waals surface area (Å²) in [6.07, 6.45) is 2.61. The van der Waals surface area contributed by atoms with Gasteiger partial charge in [-0.05, 0) is 51.9 Å². The molecule has 21 heavy (non-hydrogen) atoms. The highest BCUT2D eigenvalue weighted by Gasteiger charge is 2.49. The minimum atomic E-state index is -0.827. The number of nitrogens with zero attached hydrogens (tertiary/aromatic N) is 2. The van der Waals surface area contributed by atoms with Crippen LogP contribution in [0.5, 0.6) is 0 Å². The summed E-state index contributed by atoms with van der Waals surface area (Å²) in [6, 6.07) is 0.219. The van der Waals surface area contributed by atoms with Crippen LogP contribution in [0.3, 0.4) is 0 Å². The van der Waals surface area contributed by atoms with Crippen LogP contribution in [0.25, 0.3) is 0 Å². The molecule has 2 rings (SSSR count). The summed E-state index contributed by atoms with van der Waals surface area (Å²) in [6.45, 7) is 6.81. The number of hydrogen-bond acceptors (Lipinski definition) is 3. The molecule has 0 radical (unpaired) electrons. The van der Waals surface area contributed by atoms with Gasteiger partial charge in [-0.1, -0.05) is 0 Å². The van der Waals surface area contributed by atoms with E-state index in [0.29, 0.717) is 13.1 Å². The number of carbonyl (C=O) groups is 2. The SMILES string of the molecule is CN(C(=O)OC(C)(C)C)C1CC2(CCN(C(=O)O)CC2)C1. The molecular formula is C15H26N2O4. The molecule has 1 aliphatic carbocycles. The Bertz CT molecular complexity index is 414. The first-order valence-electron chi connectivity index (χ1n) is 7.56. The van der Waals surface area contributed by atoms with Gasteiger partial charge in [-0.25, -0.2) is 9.59 Å². The number of carbonyl (C=O) groups excluding carboxylic acids is 1. The number of piperidine rings is 1. The first-order chi connectivity index (χ1) is 9.62. The molecule has 0 aromatic carbocycles. The molecule has 1 heterocycles. The Morgan fingerprint density at radius 1 is 1.24 bits per heavy atom. The molecule has 2 aliphatic rings. The Labute approximate surface area is 126 Å². The first kappa shape index (κ1) is 15.9. The zero-order chi connectivity index (χ0) is 15.8. The highest BCUT2D eigenvalue weighted by atomic mass is 16.6. The van der Waals surface area contributed by atoms with E-state index in [1.165, 1.54) is 4.90 Å². The van der Waals surface area contributed by atoms with Crippen molar-refractivity contribution in [2.45, 2.75) is 58.1 Å². The van der Waals surface area contributed by atoms with Crippen LogP contribution >= 0.6 is 0 Å². The third-order valence-electron chi connectivity index (χ3n) is 4.66. The van der Waals surface area contributed by atoms with Gasteiger partial charge < -0.3 is 19.6 Å². The fourth-order valence-corrected chi connectivity index (χ4v) is 3.28. The number of hydrogen-bond donors (Lipinski definition) is 1. The van der Waals surface area contributed by atoms with E-state index in [0.717, 1.165) is 25.7 Å². The second-order valence-electron chi connectivity index (χ2n) is 7.42. The van der Waals surface area contributed by atoms with E-state index >= 15 is 0 Å². The molecule has 2 fully saturated rings. The zero-order valence-corrected chi connectivity index (χ0v) is 13.4. The van der Waals surface area contributed by atoms with Crippen LogP contribution in [0.15, 0.2) is 0 Å². The van der Waals surface area contributed by atoms with Crippen molar-refractivity contribution in [2.75, 3.05) is 20.1 Å². The van der Waals surface area contributed by atoms with Crippen molar-refractivity contribution in [3.05, 3.63) is 0 Å². The lowest BCUT2D eigenvalue weighted by atomic mass is 9.60. The number of carboxylic acid groups (broad SMARTS) is 1. The van der Waals surface area contributed by atoms with E-state index in [1.54, 1.807) is 11.9 Å². The van der Waals surface area contributed by atoms with Gasteiger partial charge in [-0.15, -0.1) is 0 Å². The van der Waals surface area contributed by atoms with Crippen molar-refractivity contribution in [3.63, 3.8) is 0 Å². The monoisotopic (exact) mass is 298 g/mol. The summed E-state index contributed by atoms with van der Waals surface area (Å²) in [4.78, 5) is 26.1. The van der Waals surface area contributed by atoms with Crippen LogP contribution < -0.4 is 0 Å². The van der Waals surface area contributed by atoms with Gasteiger partial charge in [0.15, 0.2) is 0 Å². The quantitative estimate of drug-likeness (QED) is 0.808. The number of ether oxygens (including phenoxy) is 1. The molecule has 1 spiro atoms. The Kier molecular flexibility index (Phi) is 4.08. The second-order valence-corrected chi connectivity index (χ2v) is 7.42. The van der Waals surface area contributed by atoms with Crippen molar-refractivity contribution < 1.29 is 19.4 Å². The zero-order valence-electron chi connectivity index (χ0n) is 13.4. The fraction of sp³-hybridized carbons (Fsp3) is 0.867. The second kappa shape index (κ2) is 5.39. The lowest BCUT2D eigenvalue weighted by molar-refractivity contribution is -0.0417. The normalized spacial score (nSPS) is 21.8. The molecule has 1 saturated heterocycles. The van der Waals surface area contributed by atoms with Crippen LogP contribution in [-0.4, -0.2) is 58.9 Å². The molecule has 120 valence electrons. The van der Waals surface area contributed by atoms with E-state index in [-0.39, 0.29) is 17.6 Å². The highest BCUT2D eigenvalue weighted by molar-refractivity contribution is 5.68. The summed E-state index contributed by atoms with van der Waals surface area (Å²) in [5, 5.41) is 8.98. The van der Waals surface area contributed by atoms with Crippen molar-refractivity contribution in [3.8, 4) is 0 Å². The van der Waals surface area contributed by atoms with Gasteiger partial charge in [-0.3, -0.25) is 0 Å². The summed E-state index contributed by atoms with van der Waals surface area (Å²) in [5.74, 6) is 0. The molecule has 0 aromatic rings. The molecule has 0 bridgehead atoms. The van der Waals surface area contributed by atoms with Gasteiger partial charge in [0, 0.05) is 26.2 Å². The van der Waals surface area contributed by atoms with Crippen LogP contribution in [0.4, 0.5) is 9.59 Å². The molecule has 2 amide bonds. The molecule has 1 aliphatic heterocycles. The Morgan fingerprint density at radius 2 is 1.76 bits per heavy atom. The lowest BCUT2D eigenvalue weighted by Gasteiger charge is -2.54.